The second-order valence-corrected chi connectivity index (χ2v) is 3.54. The number of hydrogen-bond acceptors (Lipinski definition) is 2. The number of pyridine rings is 1. The zero-order chi connectivity index (χ0) is 8.39. The van der Waals surface area contributed by atoms with Gasteiger partial charge in [-0.05, 0) is 30.4 Å². The summed E-state index contributed by atoms with van der Waals surface area (Å²) >= 11 is 0. The molecule has 2 rings (SSSR count). The molecule has 0 aromatic carbocycles. The average Bonchev–Trinajstić information content (AvgIpc) is 2.29. The SMILES string of the molecule is CC1CCc2cccnc2NC1. The van der Waals surface area contributed by atoms with Gasteiger partial charge in [0.25, 0.3) is 0 Å². The van der Waals surface area contributed by atoms with Gasteiger partial charge in [-0.1, -0.05) is 13.0 Å². The van der Waals surface area contributed by atoms with Crippen LogP contribution in [-0.2, 0) is 6.42 Å². The third kappa shape index (κ3) is 1.42. The summed E-state index contributed by atoms with van der Waals surface area (Å²) in [5, 5.41) is 3.36. The minimum atomic E-state index is 0.763. The van der Waals surface area contributed by atoms with E-state index in [0.29, 0.717) is 0 Å². The first-order valence-corrected chi connectivity index (χ1v) is 4.54. The number of rotatable bonds is 0. The number of aryl methyl sites for hydroxylation is 1. The summed E-state index contributed by atoms with van der Waals surface area (Å²) < 4.78 is 0. The van der Waals surface area contributed by atoms with Crippen LogP contribution in [0.3, 0.4) is 0 Å². The second kappa shape index (κ2) is 3.13. The minimum absolute atomic E-state index is 0.763. The molecule has 0 fully saturated rings. The maximum absolute atomic E-state index is 4.30. The maximum Gasteiger partial charge on any atom is 0.129 e. The largest absolute Gasteiger partial charge is 0.370 e. The molecule has 12 heavy (non-hydrogen) atoms. The summed E-state index contributed by atoms with van der Waals surface area (Å²) in [6, 6.07) is 4.17. The van der Waals surface area contributed by atoms with Crippen molar-refractivity contribution in [2.24, 2.45) is 5.92 Å². The highest BCUT2D eigenvalue weighted by atomic mass is 15.0. The highest BCUT2D eigenvalue weighted by Gasteiger charge is 2.11. The molecular weight excluding hydrogens is 148 g/mol. The summed E-state index contributed by atoms with van der Waals surface area (Å²) in [6.45, 7) is 3.34. The van der Waals surface area contributed by atoms with Gasteiger partial charge in [0.05, 0.1) is 0 Å². The average molecular weight is 162 g/mol. The van der Waals surface area contributed by atoms with Gasteiger partial charge in [0.15, 0.2) is 0 Å². The van der Waals surface area contributed by atoms with Gasteiger partial charge < -0.3 is 5.32 Å². The van der Waals surface area contributed by atoms with Crippen molar-refractivity contribution in [2.75, 3.05) is 11.9 Å². The van der Waals surface area contributed by atoms with Gasteiger partial charge in [-0.2, -0.15) is 0 Å². The van der Waals surface area contributed by atoms with Gasteiger partial charge in [0, 0.05) is 12.7 Å². The van der Waals surface area contributed by atoms with E-state index >= 15 is 0 Å². The number of nitrogens with one attached hydrogen (secondary N) is 1. The molecule has 0 amide bonds. The van der Waals surface area contributed by atoms with E-state index in [1.807, 2.05) is 12.3 Å². The van der Waals surface area contributed by atoms with Crippen LogP contribution < -0.4 is 5.32 Å². The van der Waals surface area contributed by atoms with E-state index < -0.39 is 0 Å². The first kappa shape index (κ1) is 7.59. The van der Waals surface area contributed by atoms with Crippen LogP contribution in [0.4, 0.5) is 5.82 Å². The summed E-state index contributed by atoms with van der Waals surface area (Å²) in [7, 11) is 0. The highest BCUT2D eigenvalue weighted by Crippen LogP contribution is 2.20. The van der Waals surface area contributed by atoms with Crippen molar-refractivity contribution in [2.45, 2.75) is 19.8 Å². The number of hydrogen-bond donors (Lipinski definition) is 1. The number of fused-ring (bicyclic) bond motifs is 1. The van der Waals surface area contributed by atoms with Gasteiger partial charge in [0.1, 0.15) is 5.82 Å². The van der Waals surface area contributed by atoms with Crippen LogP contribution in [0.15, 0.2) is 18.3 Å². The molecule has 1 atom stereocenters. The quantitative estimate of drug-likeness (QED) is 0.631. The Morgan fingerprint density at radius 3 is 3.42 bits per heavy atom. The third-order valence-electron chi connectivity index (χ3n) is 2.42. The van der Waals surface area contributed by atoms with Gasteiger partial charge in [-0.25, -0.2) is 4.98 Å². The second-order valence-electron chi connectivity index (χ2n) is 3.54. The molecule has 1 aromatic heterocycles. The van der Waals surface area contributed by atoms with Gasteiger partial charge in [-0.15, -0.1) is 0 Å². The van der Waals surface area contributed by atoms with Crippen LogP contribution in [0.2, 0.25) is 0 Å². The Hall–Kier alpha value is -1.05. The lowest BCUT2D eigenvalue weighted by Gasteiger charge is -2.06. The fourth-order valence-electron chi connectivity index (χ4n) is 1.57. The molecule has 2 nitrogen and oxygen atoms in total. The van der Waals surface area contributed by atoms with Crippen LogP contribution in [0.1, 0.15) is 18.9 Å². The molecule has 2 heteroatoms. The Labute approximate surface area is 73.0 Å². The Balaban J connectivity index is 2.26. The van der Waals surface area contributed by atoms with E-state index in [4.69, 9.17) is 0 Å². The van der Waals surface area contributed by atoms with Crippen molar-refractivity contribution in [3.05, 3.63) is 23.9 Å². The Kier molecular flexibility index (Phi) is 1.98. The van der Waals surface area contributed by atoms with Crippen molar-refractivity contribution >= 4 is 5.82 Å². The molecule has 0 saturated carbocycles. The Bertz CT molecular complexity index is 243. The van der Waals surface area contributed by atoms with Crippen molar-refractivity contribution < 1.29 is 0 Å². The van der Waals surface area contributed by atoms with Crippen molar-refractivity contribution in [3.8, 4) is 0 Å². The van der Waals surface area contributed by atoms with Crippen LogP contribution >= 0.6 is 0 Å². The van der Waals surface area contributed by atoms with Gasteiger partial charge in [0.2, 0.25) is 0 Å². The molecule has 2 heterocycles. The Morgan fingerprint density at radius 1 is 1.58 bits per heavy atom. The molecule has 0 aliphatic carbocycles. The summed E-state index contributed by atoms with van der Waals surface area (Å²) in [5.74, 6) is 1.85. The monoisotopic (exact) mass is 162 g/mol. The summed E-state index contributed by atoms with van der Waals surface area (Å²) in [5.41, 5.74) is 1.36. The van der Waals surface area contributed by atoms with Gasteiger partial charge >= 0.3 is 0 Å². The molecule has 1 aliphatic rings. The molecule has 1 aromatic rings. The predicted octanol–water partition coefficient (Wildman–Crippen LogP) is 2.08. The Morgan fingerprint density at radius 2 is 2.50 bits per heavy atom. The zero-order valence-corrected chi connectivity index (χ0v) is 7.38. The lowest BCUT2D eigenvalue weighted by Crippen LogP contribution is -2.08. The molecule has 0 bridgehead atoms. The first-order chi connectivity index (χ1) is 5.86. The van der Waals surface area contributed by atoms with E-state index in [2.05, 4.69) is 23.3 Å². The van der Waals surface area contributed by atoms with E-state index in [1.165, 1.54) is 12.0 Å². The molecule has 64 valence electrons. The zero-order valence-electron chi connectivity index (χ0n) is 7.38. The normalized spacial score (nSPS) is 22.2. The molecule has 1 unspecified atom stereocenters. The van der Waals surface area contributed by atoms with Gasteiger partial charge in [-0.3, -0.25) is 0 Å². The smallest absolute Gasteiger partial charge is 0.129 e. The van der Waals surface area contributed by atoms with E-state index in [9.17, 15) is 0 Å². The first-order valence-electron chi connectivity index (χ1n) is 4.54. The van der Waals surface area contributed by atoms with Crippen LogP contribution in [-0.4, -0.2) is 11.5 Å². The van der Waals surface area contributed by atoms with E-state index in [-0.39, 0.29) is 0 Å². The topological polar surface area (TPSA) is 24.9 Å². The molecule has 0 spiro atoms. The molecule has 1 aliphatic heterocycles. The lowest BCUT2D eigenvalue weighted by molar-refractivity contribution is 0.571. The predicted molar refractivity (Wildman–Crippen MR) is 50.2 cm³/mol. The summed E-state index contributed by atoms with van der Waals surface area (Å²) in [4.78, 5) is 4.30. The highest BCUT2D eigenvalue weighted by molar-refractivity contribution is 5.44. The molecular formula is C10H14N2. The molecule has 0 radical (unpaired) electrons. The standard InChI is InChI=1S/C10H14N2/c1-8-4-5-9-3-2-6-11-10(9)12-7-8/h2-3,6,8H,4-5,7H2,1H3,(H,11,12). The van der Waals surface area contributed by atoms with Crippen LogP contribution in [0.25, 0.3) is 0 Å². The molecule has 1 N–H and O–H groups in total. The minimum Gasteiger partial charge on any atom is -0.370 e. The lowest BCUT2D eigenvalue weighted by atomic mass is 10.0. The summed E-state index contributed by atoms with van der Waals surface area (Å²) in [6.07, 6.45) is 4.28. The number of anilines is 1. The fraction of sp³-hybridized carbons (Fsp3) is 0.500. The number of nitrogens with zero attached hydrogens (tertiary/aromatic N) is 1. The van der Waals surface area contributed by atoms with E-state index in [0.717, 1.165) is 24.7 Å². The number of aromatic nitrogens is 1. The van der Waals surface area contributed by atoms with Crippen molar-refractivity contribution in [3.63, 3.8) is 0 Å². The van der Waals surface area contributed by atoms with E-state index in [1.54, 1.807) is 0 Å². The van der Waals surface area contributed by atoms with Crippen LogP contribution in [0, 0.1) is 5.92 Å². The third-order valence-corrected chi connectivity index (χ3v) is 2.42. The molecule has 0 saturated heterocycles. The van der Waals surface area contributed by atoms with Crippen molar-refractivity contribution in [1.29, 1.82) is 0 Å². The fourth-order valence-corrected chi connectivity index (χ4v) is 1.57. The maximum atomic E-state index is 4.30. The van der Waals surface area contributed by atoms with Crippen molar-refractivity contribution in [1.82, 2.24) is 4.98 Å². The van der Waals surface area contributed by atoms with Crippen LogP contribution in [0.5, 0.6) is 0 Å².